The van der Waals surface area contributed by atoms with Crippen LogP contribution in [0.1, 0.15) is 27.2 Å². The third-order valence-corrected chi connectivity index (χ3v) is 3.98. The van der Waals surface area contributed by atoms with E-state index in [1.54, 1.807) is 0 Å². The molecule has 4 rings (SSSR count). The summed E-state index contributed by atoms with van der Waals surface area (Å²) in [7, 11) is 0. The monoisotopic (exact) mass is 223 g/mol. The van der Waals surface area contributed by atoms with E-state index in [0.29, 0.717) is 17.6 Å². The molecule has 4 nitrogen and oxygen atoms in total. The Morgan fingerprint density at radius 1 is 1.44 bits per heavy atom. The van der Waals surface area contributed by atoms with Gasteiger partial charge in [-0.25, -0.2) is 4.79 Å². The predicted molar refractivity (Wildman–Crippen MR) is 56.7 cm³/mol. The second kappa shape index (κ2) is 2.79. The van der Waals surface area contributed by atoms with Gasteiger partial charge in [-0.3, -0.25) is 4.79 Å². The van der Waals surface area contributed by atoms with Gasteiger partial charge in [0, 0.05) is 17.9 Å². The van der Waals surface area contributed by atoms with Crippen LogP contribution in [0, 0.1) is 23.7 Å². The van der Waals surface area contributed by atoms with Crippen molar-refractivity contribution in [1.29, 1.82) is 0 Å². The highest BCUT2D eigenvalue weighted by molar-refractivity contribution is 5.94. The van der Waals surface area contributed by atoms with E-state index in [2.05, 4.69) is 5.32 Å². The van der Waals surface area contributed by atoms with E-state index in [1.165, 1.54) is 0 Å². The van der Waals surface area contributed by atoms with Crippen LogP contribution in [0.5, 0.6) is 0 Å². The number of ketones is 1. The van der Waals surface area contributed by atoms with Crippen LogP contribution in [0.4, 0.5) is 4.79 Å². The van der Waals surface area contributed by atoms with Crippen molar-refractivity contribution < 1.29 is 14.3 Å². The van der Waals surface area contributed by atoms with E-state index in [-0.39, 0.29) is 24.0 Å². The van der Waals surface area contributed by atoms with Crippen LogP contribution in [0.3, 0.4) is 0 Å². The first-order valence-electron chi connectivity index (χ1n) is 5.92. The van der Waals surface area contributed by atoms with E-state index in [9.17, 15) is 9.59 Å². The van der Waals surface area contributed by atoms with Crippen LogP contribution in [0.2, 0.25) is 0 Å². The summed E-state index contributed by atoms with van der Waals surface area (Å²) in [5.74, 6) is 1.70. The fraction of sp³-hybridized carbons (Fsp3) is 0.833. The summed E-state index contributed by atoms with van der Waals surface area (Å²) in [5, 5.41) is 2.87. The fourth-order valence-electron chi connectivity index (χ4n) is 3.48. The molecule has 4 bridgehead atoms. The second-order valence-corrected chi connectivity index (χ2v) is 6.18. The minimum absolute atomic E-state index is 0.0531. The van der Waals surface area contributed by atoms with Crippen molar-refractivity contribution in [3.8, 4) is 0 Å². The zero-order valence-electron chi connectivity index (χ0n) is 9.82. The van der Waals surface area contributed by atoms with Gasteiger partial charge in [0.1, 0.15) is 11.4 Å². The summed E-state index contributed by atoms with van der Waals surface area (Å²) in [4.78, 5) is 23.3. The van der Waals surface area contributed by atoms with Crippen LogP contribution in [0.15, 0.2) is 0 Å². The van der Waals surface area contributed by atoms with E-state index < -0.39 is 5.60 Å². The molecule has 0 aromatic carbocycles. The molecule has 4 aliphatic carbocycles. The summed E-state index contributed by atoms with van der Waals surface area (Å²) in [6.07, 6.45) is 0.595. The molecule has 4 saturated carbocycles. The molecule has 0 spiro atoms. The molecule has 4 heteroatoms. The standard InChI is InChI=1S/C12H17NO3/c1-12(2,3)16-11(15)13-9-6-4-5-7(9)8(5)10(6)14/h5-9H,4H2,1-3H3,(H,13,15)/t5?,6-,7-,8?,9?/m1/s1. The highest BCUT2D eigenvalue weighted by Gasteiger charge is 2.74. The van der Waals surface area contributed by atoms with E-state index in [4.69, 9.17) is 4.74 Å². The Balaban J connectivity index is 1.61. The minimum atomic E-state index is -0.474. The number of ether oxygens (including phenoxy) is 1. The van der Waals surface area contributed by atoms with Gasteiger partial charge in [-0.15, -0.1) is 0 Å². The van der Waals surface area contributed by atoms with Crippen molar-refractivity contribution in [3.63, 3.8) is 0 Å². The zero-order chi connectivity index (χ0) is 11.7. The number of carbonyl (C=O) groups excluding carboxylic acids is 2. The lowest BCUT2D eigenvalue weighted by Gasteiger charge is -2.22. The molecular weight excluding hydrogens is 206 g/mol. The quantitative estimate of drug-likeness (QED) is 0.730. The molecule has 0 saturated heterocycles. The Morgan fingerprint density at radius 2 is 2.12 bits per heavy atom. The van der Waals surface area contributed by atoms with Gasteiger partial charge in [0.15, 0.2) is 0 Å². The van der Waals surface area contributed by atoms with Crippen LogP contribution in [-0.4, -0.2) is 23.5 Å². The van der Waals surface area contributed by atoms with Gasteiger partial charge < -0.3 is 10.1 Å². The van der Waals surface area contributed by atoms with Gasteiger partial charge >= 0.3 is 6.09 Å². The van der Waals surface area contributed by atoms with Gasteiger partial charge in [0.25, 0.3) is 0 Å². The summed E-state index contributed by atoms with van der Waals surface area (Å²) in [6, 6.07) is 0.0531. The molecule has 16 heavy (non-hydrogen) atoms. The number of nitrogens with one attached hydrogen (secondary N) is 1. The highest BCUT2D eigenvalue weighted by atomic mass is 16.6. The zero-order valence-corrected chi connectivity index (χ0v) is 9.82. The Kier molecular flexibility index (Phi) is 1.76. The van der Waals surface area contributed by atoms with Crippen LogP contribution >= 0.6 is 0 Å². The molecule has 0 aromatic heterocycles. The maximum Gasteiger partial charge on any atom is 0.407 e. The molecule has 0 heterocycles. The van der Waals surface area contributed by atoms with Crippen molar-refractivity contribution in [2.24, 2.45) is 23.7 Å². The molecule has 4 fully saturated rings. The van der Waals surface area contributed by atoms with Crippen molar-refractivity contribution in [1.82, 2.24) is 5.32 Å². The summed E-state index contributed by atoms with van der Waals surface area (Å²) < 4.78 is 5.21. The smallest absolute Gasteiger partial charge is 0.407 e. The van der Waals surface area contributed by atoms with Gasteiger partial charge in [-0.2, -0.15) is 0 Å². The maximum atomic E-state index is 11.7. The average molecular weight is 223 g/mol. The highest BCUT2D eigenvalue weighted by Crippen LogP contribution is 2.68. The summed E-state index contributed by atoms with van der Waals surface area (Å²) in [5.41, 5.74) is -0.474. The molecule has 0 aliphatic heterocycles. The first kappa shape index (κ1) is 10.1. The first-order valence-corrected chi connectivity index (χ1v) is 5.92. The Labute approximate surface area is 94.7 Å². The third kappa shape index (κ3) is 1.28. The molecule has 1 N–H and O–H groups in total. The third-order valence-electron chi connectivity index (χ3n) is 3.98. The van der Waals surface area contributed by atoms with Gasteiger partial charge in [-0.1, -0.05) is 0 Å². The Morgan fingerprint density at radius 3 is 2.50 bits per heavy atom. The number of rotatable bonds is 1. The average Bonchev–Trinajstić information content (AvgIpc) is 2.43. The molecule has 5 atom stereocenters. The van der Waals surface area contributed by atoms with Crippen molar-refractivity contribution in [2.75, 3.05) is 0 Å². The maximum absolute atomic E-state index is 11.7. The molecule has 1 amide bonds. The topological polar surface area (TPSA) is 55.4 Å². The minimum Gasteiger partial charge on any atom is -0.444 e. The van der Waals surface area contributed by atoms with Crippen molar-refractivity contribution >= 4 is 11.9 Å². The Bertz CT molecular complexity index is 371. The normalized spacial score (nSPS) is 43.4. The lowest BCUT2D eigenvalue weighted by atomic mass is 10.1. The van der Waals surface area contributed by atoms with Gasteiger partial charge in [0.05, 0.1) is 0 Å². The lowest BCUT2D eigenvalue weighted by Crippen LogP contribution is -2.41. The lowest BCUT2D eigenvalue weighted by molar-refractivity contribution is -0.121. The molecule has 0 aromatic rings. The Hall–Kier alpha value is -1.06. The summed E-state index contributed by atoms with van der Waals surface area (Å²) >= 11 is 0. The van der Waals surface area contributed by atoms with E-state index >= 15 is 0 Å². The number of hydrogen-bond acceptors (Lipinski definition) is 3. The molecule has 3 unspecified atom stereocenters. The number of amides is 1. The van der Waals surface area contributed by atoms with E-state index in [0.717, 1.165) is 6.42 Å². The molecule has 4 aliphatic rings. The number of hydrogen-bond donors (Lipinski definition) is 1. The fourth-order valence-corrected chi connectivity index (χ4v) is 3.48. The van der Waals surface area contributed by atoms with Crippen molar-refractivity contribution in [3.05, 3.63) is 0 Å². The number of Topliss-reactive ketones (excluding diaryl/α,β-unsaturated/α-hetero) is 1. The largest absolute Gasteiger partial charge is 0.444 e. The number of carbonyl (C=O) groups is 2. The van der Waals surface area contributed by atoms with Gasteiger partial charge in [-0.05, 0) is 39.0 Å². The second-order valence-electron chi connectivity index (χ2n) is 6.18. The predicted octanol–water partition coefficient (Wildman–Crippen LogP) is 1.34. The first-order chi connectivity index (χ1) is 7.38. The number of alkyl carbamates (subject to hydrolysis) is 1. The van der Waals surface area contributed by atoms with Crippen LogP contribution in [-0.2, 0) is 9.53 Å². The SMILES string of the molecule is CC(C)(C)OC(=O)NC1[C@@H]2C3C[C@H]1C(=O)C32. The van der Waals surface area contributed by atoms with Crippen LogP contribution in [0.25, 0.3) is 0 Å². The molecule has 0 radical (unpaired) electrons. The van der Waals surface area contributed by atoms with Crippen LogP contribution < -0.4 is 5.32 Å². The molecule has 88 valence electrons. The molecular formula is C12H17NO3. The van der Waals surface area contributed by atoms with E-state index in [1.807, 2.05) is 20.8 Å². The summed E-state index contributed by atoms with van der Waals surface area (Å²) in [6.45, 7) is 5.52. The van der Waals surface area contributed by atoms with Gasteiger partial charge in [0.2, 0.25) is 0 Å². The van der Waals surface area contributed by atoms with Crippen molar-refractivity contribution in [2.45, 2.75) is 38.8 Å².